The molecule has 184 valence electrons. The van der Waals surface area contributed by atoms with Gasteiger partial charge in [0.05, 0.1) is 27.4 Å². The second-order valence-corrected chi connectivity index (χ2v) is 9.54. The van der Waals surface area contributed by atoms with Crippen molar-refractivity contribution in [2.24, 2.45) is 5.41 Å². The van der Waals surface area contributed by atoms with Crippen LogP contribution >= 0.6 is 11.3 Å². The zero-order valence-electron chi connectivity index (χ0n) is 19.0. The number of carbonyl (C=O) groups is 2. The van der Waals surface area contributed by atoms with Crippen LogP contribution in [0.4, 0.5) is 19.0 Å². The van der Waals surface area contributed by atoms with Gasteiger partial charge in [-0.3, -0.25) is 4.79 Å². The number of carbonyl (C=O) groups excluding carboxylic acids is 2. The number of fused-ring (bicyclic) bond motifs is 1. The highest BCUT2D eigenvalue weighted by molar-refractivity contribution is 7.17. The largest absolute Gasteiger partial charge is 0.550 e. The summed E-state index contributed by atoms with van der Waals surface area (Å²) in [5.41, 5.74) is -1.36. The van der Waals surface area contributed by atoms with E-state index in [1.807, 2.05) is 0 Å². The van der Waals surface area contributed by atoms with E-state index in [0.29, 0.717) is 25.9 Å². The zero-order valence-corrected chi connectivity index (χ0v) is 19.9. The van der Waals surface area contributed by atoms with Gasteiger partial charge < -0.3 is 24.9 Å². The van der Waals surface area contributed by atoms with Crippen molar-refractivity contribution in [3.05, 3.63) is 22.6 Å². The first-order chi connectivity index (χ1) is 15.9. The lowest BCUT2D eigenvalue weighted by molar-refractivity contribution is -0.307. The Kier molecular flexibility index (Phi) is 7.73. The van der Waals surface area contributed by atoms with Gasteiger partial charge in [0.25, 0.3) is 5.91 Å². The van der Waals surface area contributed by atoms with Crippen LogP contribution in [0, 0.1) is 17.3 Å². The molecule has 0 atom stereocenters. The fourth-order valence-corrected chi connectivity index (χ4v) is 4.78. The van der Waals surface area contributed by atoms with E-state index < -0.39 is 29.0 Å². The van der Waals surface area contributed by atoms with Crippen LogP contribution in [0.3, 0.4) is 0 Å². The number of carboxylic acids is 1. The number of alkyl halides is 3. The van der Waals surface area contributed by atoms with Crippen molar-refractivity contribution in [2.75, 3.05) is 31.6 Å². The molecule has 1 aliphatic heterocycles. The number of hydrogen-bond donors (Lipinski definition) is 1. The van der Waals surface area contributed by atoms with E-state index in [1.54, 1.807) is 18.7 Å². The monoisotopic (exact) mass is 496 g/mol. The molecule has 0 aromatic carbocycles. The summed E-state index contributed by atoms with van der Waals surface area (Å²) in [6.45, 7) is 4.41. The summed E-state index contributed by atoms with van der Waals surface area (Å²) >= 11 is 0.852. The number of thiophene rings is 1. The third kappa shape index (κ3) is 6.18. The van der Waals surface area contributed by atoms with E-state index >= 15 is 0 Å². The lowest BCUT2D eigenvalue weighted by Gasteiger charge is -2.32. The fourth-order valence-electron chi connectivity index (χ4n) is 3.76. The minimum Gasteiger partial charge on any atom is -0.550 e. The molecule has 0 spiro atoms. The van der Waals surface area contributed by atoms with Crippen molar-refractivity contribution in [3.63, 3.8) is 0 Å². The highest BCUT2D eigenvalue weighted by Crippen LogP contribution is 2.40. The first-order valence-corrected chi connectivity index (χ1v) is 11.6. The number of hydrogen-bond acceptors (Lipinski definition) is 7. The normalized spacial score (nSPS) is 15.2. The number of nitrogens with zero attached hydrogens (tertiary/aromatic N) is 2. The first-order valence-electron chi connectivity index (χ1n) is 10.7. The van der Waals surface area contributed by atoms with Crippen molar-refractivity contribution in [1.82, 2.24) is 10.3 Å². The Bertz CT molecular complexity index is 1130. The van der Waals surface area contributed by atoms with Crippen LogP contribution in [0.1, 0.15) is 49.0 Å². The summed E-state index contributed by atoms with van der Waals surface area (Å²) in [6, 6.07) is 1.04. The van der Waals surface area contributed by atoms with Crippen molar-refractivity contribution in [1.29, 1.82) is 0 Å². The molecule has 1 saturated heterocycles. The molecule has 0 radical (unpaired) electrons. The molecular weight excluding hydrogens is 471 g/mol. The van der Waals surface area contributed by atoms with Crippen molar-refractivity contribution in [3.8, 4) is 11.8 Å². The standard InChI is InChI=1S/C23H26F3N3O4S/c1-22(2,12-18(30)31)7-4-10-33-14-5-8-29(9-6-14)17-11-16(23(24,25)26)20-19(28-17)15(13-34-20)21(32)27-3/h11,13-14H,5-6,8-10,12H2,1-3H3,(H,27,32)(H,30,31)/p-1. The van der Waals surface area contributed by atoms with E-state index in [4.69, 9.17) is 4.74 Å². The molecule has 3 heterocycles. The molecule has 2 aromatic rings. The van der Waals surface area contributed by atoms with Gasteiger partial charge in [-0.2, -0.15) is 13.2 Å². The van der Waals surface area contributed by atoms with Crippen molar-refractivity contribution < 1.29 is 32.6 Å². The number of aliphatic carboxylic acids is 1. The first kappa shape index (κ1) is 25.8. The van der Waals surface area contributed by atoms with E-state index in [0.717, 1.165) is 17.4 Å². The maximum atomic E-state index is 13.7. The number of anilines is 1. The minimum atomic E-state index is -4.58. The van der Waals surface area contributed by atoms with Gasteiger partial charge in [-0.05, 0) is 32.8 Å². The number of piperidine rings is 1. The lowest BCUT2D eigenvalue weighted by Crippen LogP contribution is -2.37. The Labute approximate surface area is 199 Å². The SMILES string of the molecule is CNC(=O)c1csc2c(C(F)(F)F)cc(N3CCC(OCC#CC(C)(C)CC(=O)[O-])CC3)nc12. The summed E-state index contributed by atoms with van der Waals surface area (Å²) < 4.78 is 46.9. The molecule has 2 aromatic heterocycles. The van der Waals surface area contributed by atoms with Gasteiger partial charge in [0.1, 0.15) is 12.4 Å². The average Bonchev–Trinajstić information content (AvgIpc) is 3.18. The number of pyridine rings is 1. The van der Waals surface area contributed by atoms with Gasteiger partial charge in [0.2, 0.25) is 0 Å². The zero-order chi connectivity index (χ0) is 25.1. The third-order valence-corrected chi connectivity index (χ3v) is 6.46. The Balaban J connectivity index is 1.70. The Morgan fingerprint density at radius 1 is 1.32 bits per heavy atom. The second kappa shape index (κ2) is 10.2. The summed E-state index contributed by atoms with van der Waals surface area (Å²) in [5, 5.41) is 14.6. The molecule has 7 nitrogen and oxygen atoms in total. The van der Waals surface area contributed by atoms with Crippen LogP contribution in [-0.4, -0.2) is 49.7 Å². The van der Waals surface area contributed by atoms with Gasteiger partial charge in [0.15, 0.2) is 0 Å². The molecule has 11 heteroatoms. The van der Waals surface area contributed by atoms with Gasteiger partial charge in [-0.25, -0.2) is 4.98 Å². The molecule has 1 N–H and O–H groups in total. The van der Waals surface area contributed by atoms with Crippen LogP contribution in [0.25, 0.3) is 10.2 Å². The van der Waals surface area contributed by atoms with Gasteiger partial charge in [-0.15, -0.1) is 11.3 Å². The van der Waals surface area contributed by atoms with Crippen molar-refractivity contribution in [2.45, 2.75) is 45.4 Å². The number of aromatic nitrogens is 1. The quantitative estimate of drug-likeness (QED) is 0.618. The molecule has 1 aliphatic rings. The number of nitrogens with one attached hydrogen (secondary N) is 1. The average molecular weight is 497 g/mol. The molecular formula is C23H25F3N3O4S-. The van der Waals surface area contributed by atoms with Crippen LogP contribution < -0.4 is 15.3 Å². The molecule has 0 saturated carbocycles. The van der Waals surface area contributed by atoms with Gasteiger partial charge >= 0.3 is 6.18 Å². The Morgan fingerprint density at radius 3 is 2.59 bits per heavy atom. The van der Waals surface area contributed by atoms with Crippen LogP contribution in [0.5, 0.6) is 0 Å². The van der Waals surface area contributed by atoms with E-state index in [9.17, 15) is 27.9 Å². The molecule has 1 amide bonds. The molecule has 1 fully saturated rings. The van der Waals surface area contributed by atoms with Gasteiger partial charge in [0, 0.05) is 43.3 Å². The topological polar surface area (TPSA) is 94.6 Å². The number of ether oxygens (including phenoxy) is 1. The maximum absolute atomic E-state index is 13.7. The number of carboxylic acid groups (broad SMARTS) is 1. The summed E-state index contributed by atoms with van der Waals surface area (Å²) in [4.78, 5) is 29.0. The fraction of sp³-hybridized carbons (Fsp3) is 0.522. The van der Waals surface area contributed by atoms with Crippen molar-refractivity contribution >= 4 is 39.2 Å². The third-order valence-electron chi connectivity index (χ3n) is 5.46. The number of halogens is 3. The summed E-state index contributed by atoms with van der Waals surface area (Å²) in [6.07, 6.45) is -3.75. The summed E-state index contributed by atoms with van der Waals surface area (Å²) in [5.74, 6) is 4.22. The van der Waals surface area contributed by atoms with Crippen LogP contribution in [-0.2, 0) is 15.7 Å². The highest BCUT2D eigenvalue weighted by Gasteiger charge is 2.36. The van der Waals surface area contributed by atoms with Crippen LogP contribution in [0.2, 0.25) is 0 Å². The maximum Gasteiger partial charge on any atom is 0.417 e. The predicted octanol–water partition coefficient (Wildman–Crippen LogP) is 2.83. The molecule has 3 rings (SSSR count). The van der Waals surface area contributed by atoms with Crippen LogP contribution in [0.15, 0.2) is 11.4 Å². The van der Waals surface area contributed by atoms with Gasteiger partial charge in [-0.1, -0.05) is 11.8 Å². The highest BCUT2D eigenvalue weighted by atomic mass is 32.1. The van der Waals surface area contributed by atoms with E-state index in [-0.39, 0.29) is 40.7 Å². The molecule has 0 bridgehead atoms. The minimum absolute atomic E-state index is 0.0435. The molecule has 0 aliphatic carbocycles. The smallest absolute Gasteiger partial charge is 0.417 e. The second-order valence-electron chi connectivity index (χ2n) is 8.66. The Morgan fingerprint density at radius 2 is 2.00 bits per heavy atom. The molecule has 34 heavy (non-hydrogen) atoms. The number of amides is 1. The van der Waals surface area contributed by atoms with E-state index in [1.165, 1.54) is 12.4 Å². The molecule has 0 unspecified atom stereocenters. The predicted molar refractivity (Wildman–Crippen MR) is 120 cm³/mol. The Hall–Kier alpha value is -2.84. The lowest BCUT2D eigenvalue weighted by atomic mass is 9.90. The van der Waals surface area contributed by atoms with E-state index in [2.05, 4.69) is 22.1 Å². The number of rotatable bonds is 6. The summed E-state index contributed by atoms with van der Waals surface area (Å²) in [7, 11) is 1.42.